The Hall–Kier alpha value is 0.240. The zero-order valence-corrected chi connectivity index (χ0v) is 7.95. The minimum Gasteiger partial charge on any atom is -0.449 e. The maximum absolute atomic E-state index is 10.6. The minimum absolute atomic E-state index is 0.0346. The fraction of sp³-hybridized carbons (Fsp3) is 0.833. The first-order valence-corrected chi connectivity index (χ1v) is 4.74. The normalized spacial score (nSPS) is 9.40. The summed E-state index contributed by atoms with van der Waals surface area (Å²) in [5, 5.41) is 0.932. The predicted octanol–water partition coefficient (Wildman–Crippen LogP) is 2.29. The third-order valence-electron chi connectivity index (χ3n) is 0.980. The highest BCUT2D eigenvalue weighted by atomic mass is 79.9. The summed E-state index contributed by atoms with van der Waals surface area (Å²) < 4.78 is 4.50. The topological polar surface area (TPSA) is 26.3 Å². The molecular formula is C6H10BrClO2. The largest absolute Gasteiger partial charge is 0.449 e. The highest BCUT2D eigenvalue weighted by molar-refractivity contribution is 9.09. The van der Waals surface area contributed by atoms with E-state index in [-0.39, 0.29) is 12.0 Å². The second kappa shape index (κ2) is 7.35. The van der Waals surface area contributed by atoms with Crippen molar-refractivity contribution in [2.75, 3.05) is 11.4 Å². The summed E-state index contributed by atoms with van der Waals surface area (Å²) in [6, 6.07) is -0.0346. The second-order valence-electron chi connectivity index (χ2n) is 1.77. The smallest absolute Gasteiger partial charge is 0.306 e. The quantitative estimate of drug-likeness (QED) is 0.411. The van der Waals surface area contributed by atoms with Gasteiger partial charge in [-0.15, -0.1) is 0 Å². The molecule has 0 aromatic carbocycles. The van der Waals surface area contributed by atoms with Crippen molar-refractivity contribution >= 4 is 33.5 Å². The van der Waals surface area contributed by atoms with Crippen LogP contribution in [0.15, 0.2) is 0 Å². The van der Waals surface area contributed by atoms with Crippen LogP contribution in [0.2, 0.25) is 0 Å². The van der Waals surface area contributed by atoms with Gasteiger partial charge in [0.05, 0.1) is 0 Å². The van der Waals surface area contributed by atoms with Crippen molar-refractivity contribution in [2.24, 2.45) is 0 Å². The van der Waals surface area contributed by atoms with Gasteiger partial charge in [0.2, 0.25) is 0 Å². The number of halogens is 2. The molecule has 0 atom stereocenters. The molecule has 0 spiro atoms. The number of carbonyl (C=O) groups is 1. The Bertz CT molecular complexity index is 97.7. The first-order chi connectivity index (χ1) is 4.81. The van der Waals surface area contributed by atoms with Crippen LogP contribution < -0.4 is 0 Å². The van der Waals surface area contributed by atoms with Crippen LogP contribution in [0.5, 0.6) is 0 Å². The fourth-order valence-electron chi connectivity index (χ4n) is 0.497. The van der Waals surface area contributed by atoms with E-state index >= 15 is 0 Å². The van der Waals surface area contributed by atoms with Crippen molar-refractivity contribution < 1.29 is 9.53 Å². The number of rotatable bonds is 5. The average Bonchev–Trinajstić information content (AvgIpc) is 1.89. The van der Waals surface area contributed by atoms with Crippen LogP contribution in [-0.4, -0.2) is 17.4 Å². The van der Waals surface area contributed by atoms with E-state index in [0.29, 0.717) is 6.42 Å². The van der Waals surface area contributed by atoms with E-state index in [2.05, 4.69) is 20.7 Å². The first-order valence-electron chi connectivity index (χ1n) is 3.08. The van der Waals surface area contributed by atoms with Gasteiger partial charge in [-0.1, -0.05) is 27.5 Å². The summed E-state index contributed by atoms with van der Waals surface area (Å²) in [6.45, 7) is 0. The monoisotopic (exact) mass is 228 g/mol. The number of hydrogen-bond acceptors (Lipinski definition) is 2. The van der Waals surface area contributed by atoms with Crippen molar-refractivity contribution in [3.8, 4) is 0 Å². The molecule has 0 unspecified atom stereocenters. The zero-order chi connectivity index (χ0) is 7.82. The molecule has 0 saturated heterocycles. The number of ether oxygens (including phenoxy) is 1. The lowest BCUT2D eigenvalue weighted by molar-refractivity contribution is -0.141. The van der Waals surface area contributed by atoms with Gasteiger partial charge in [-0.2, -0.15) is 0 Å². The third-order valence-corrected chi connectivity index (χ3v) is 1.65. The van der Waals surface area contributed by atoms with Gasteiger partial charge in [-0.3, -0.25) is 4.79 Å². The Balaban J connectivity index is 3.05. The van der Waals surface area contributed by atoms with Crippen molar-refractivity contribution in [1.29, 1.82) is 0 Å². The maximum atomic E-state index is 10.6. The van der Waals surface area contributed by atoms with Gasteiger partial charge < -0.3 is 4.74 Å². The van der Waals surface area contributed by atoms with Crippen molar-refractivity contribution in [1.82, 2.24) is 0 Å². The molecule has 0 aromatic rings. The summed E-state index contributed by atoms with van der Waals surface area (Å²) in [4.78, 5) is 10.6. The van der Waals surface area contributed by atoms with E-state index in [9.17, 15) is 4.79 Å². The van der Waals surface area contributed by atoms with E-state index in [4.69, 9.17) is 11.6 Å². The summed E-state index contributed by atoms with van der Waals surface area (Å²) >= 11 is 8.42. The Morgan fingerprint density at radius 2 is 2.20 bits per heavy atom. The van der Waals surface area contributed by atoms with Gasteiger partial charge in [0, 0.05) is 11.8 Å². The molecule has 10 heavy (non-hydrogen) atoms. The zero-order valence-electron chi connectivity index (χ0n) is 5.61. The average molecular weight is 230 g/mol. The summed E-state index contributed by atoms with van der Waals surface area (Å²) in [7, 11) is 0. The van der Waals surface area contributed by atoms with E-state index in [1.54, 1.807) is 0 Å². The van der Waals surface area contributed by atoms with Gasteiger partial charge in [0.15, 0.2) is 6.07 Å². The molecule has 0 rings (SSSR count). The number of esters is 1. The lowest BCUT2D eigenvalue weighted by Gasteiger charge is -1.97. The van der Waals surface area contributed by atoms with Crippen LogP contribution in [0.3, 0.4) is 0 Å². The maximum Gasteiger partial charge on any atom is 0.306 e. The molecule has 0 radical (unpaired) electrons. The van der Waals surface area contributed by atoms with Crippen LogP contribution in [0.4, 0.5) is 0 Å². The Labute approximate surface area is 74.0 Å². The molecule has 0 N–H and O–H groups in total. The fourth-order valence-corrected chi connectivity index (χ4v) is 1.02. The molecule has 0 aliphatic carbocycles. The molecule has 0 heterocycles. The molecule has 4 heteroatoms. The molecule has 0 aliphatic heterocycles. The molecule has 0 aromatic heterocycles. The summed E-state index contributed by atoms with van der Waals surface area (Å²) in [5.41, 5.74) is 0. The number of unbranched alkanes of at least 4 members (excludes halogenated alkanes) is 1. The number of alkyl halides is 2. The van der Waals surface area contributed by atoms with Crippen LogP contribution in [0, 0.1) is 0 Å². The second-order valence-corrected chi connectivity index (χ2v) is 2.78. The van der Waals surface area contributed by atoms with Gasteiger partial charge >= 0.3 is 5.97 Å². The van der Waals surface area contributed by atoms with Crippen LogP contribution in [-0.2, 0) is 9.53 Å². The minimum atomic E-state index is -0.212. The SMILES string of the molecule is O=C(CCCCBr)OCCl. The first kappa shape index (κ1) is 10.2. The van der Waals surface area contributed by atoms with Gasteiger partial charge in [0.1, 0.15) is 0 Å². The lowest BCUT2D eigenvalue weighted by Crippen LogP contribution is -2.02. The van der Waals surface area contributed by atoms with Gasteiger partial charge in [-0.25, -0.2) is 0 Å². The number of carbonyl (C=O) groups excluding carboxylic acids is 1. The molecule has 0 aliphatic rings. The highest BCUT2D eigenvalue weighted by Crippen LogP contribution is 2.00. The van der Waals surface area contributed by atoms with Gasteiger partial charge in [0.25, 0.3) is 0 Å². The number of hydrogen-bond donors (Lipinski definition) is 0. The predicted molar refractivity (Wildman–Crippen MR) is 44.5 cm³/mol. The van der Waals surface area contributed by atoms with Crippen molar-refractivity contribution in [2.45, 2.75) is 19.3 Å². The van der Waals surface area contributed by atoms with Crippen molar-refractivity contribution in [3.63, 3.8) is 0 Å². The molecule has 60 valence electrons. The van der Waals surface area contributed by atoms with Crippen molar-refractivity contribution in [3.05, 3.63) is 0 Å². The Kier molecular flexibility index (Phi) is 7.52. The van der Waals surface area contributed by atoms with E-state index in [1.807, 2.05) is 0 Å². The molecule has 0 bridgehead atoms. The van der Waals surface area contributed by atoms with Crippen LogP contribution >= 0.6 is 27.5 Å². The highest BCUT2D eigenvalue weighted by Gasteiger charge is 1.99. The molecule has 0 fully saturated rings. The van der Waals surface area contributed by atoms with Crippen LogP contribution in [0.25, 0.3) is 0 Å². The van der Waals surface area contributed by atoms with E-state index in [0.717, 1.165) is 18.2 Å². The third kappa shape index (κ3) is 6.36. The Morgan fingerprint density at radius 3 is 2.70 bits per heavy atom. The van der Waals surface area contributed by atoms with E-state index in [1.165, 1.54) is 0 Å². The molecular weight excluding hydrogens is 219 g/mol. The van der Waals surface area contributed by atoms with Crippen LogP contribution in [0.1, 0.15) is 19.3 Å². The summed E-state index contributed by atoms with van der Waals surface area (Å²) in [5.74, 6) is -0.212. The van der Waals surface area contributed by atoms with Gasteiger partial charge in [-0.05, 0) is 12.8 Å². The lowest BCUT2D eigenvalue weighted by atomic mass is 10.3. The Morgan fingerprint density at radius 1 is 1.50 bits per heavy atom. The molecule has 0 saturated carbocycles. The molecule has 0 amide bonds. The summed E-state index contributed by atoms with van der Waals surface area (Å²) in [6.07, 6.45) is 2.33. The molecule has 2 nitrogen and oxygen atoms in total. The van der Waals surface area contributed by atoms with E-state index < -0.39 is 0 Å². The standard InChI is InChI=1S/C6H10BrClO2/c7-4-2-1-3-6(9)10-5-8/h1-5H2.